The van der Waals surface area contributed by atoms with Crippen LogP contribution in [-0.2, 0) is 4.74 Å². The van der Waals surface area contributed by atoms with E-state index in [9.17, 15) is 18.4 Å². The fourth-order valence-electron chi connectivity index (χ4n) is 2.55. The number of ether oxygens (including phenoxy) is 2. The maximum atomic E-state index is 13.7. The minimum Gasteiger partial charge on any atom is -0.453 e. The number of benzene rings is 2. The van der Waals surface area contributed by atoms with Gasteiger partial charge in [-0.3, -0.25) is 10.1 Å². The van der Waals surface area contributed by atoms with Crippen molar-refractivity contribution >= 4 is 23.5 Å². The number of hydrogen-bond acceptors (Lipinski definition) is 5. The van der Waals surface area contributed by atoms with Gasteiger partial charge < -0.3 is 14.8 Å². The van der Waals surface area contributed by atoms with E-state index in [1.165, 1.54) is 30.5 Å². The lowest BCUT2D eigenvalue weighted by Crippen LogP contribution is -2.27. The van der Waals surface area contributed by atoms with E-state index in [1.54, 1.807) is 39.0 Å². The van der Waals surface area contributed by atoms with Crippen molar-refractivity contribution < 1.29 is 27.8 Å². The van der Waals surface area contributed by atoms with E-state index in [2.05, 4.69) is 15.6 Å². The predicted molar refractivity (Wildman–Crippen MR) is 115 cm³/mol. The molecule has 3 rings (SSSR count). The van der Waals surface area contributed by atoms with Crippen LogP contribution in [0.2, 0.25) is 0 Å². The van der Waals surface area contributed by atoms with Gasteiger partial charge in [0.25, 0.3) is 5.91 Å². The molecule has 0 unspecified atom stereocenters. The molecule has 7 nitrogen and oxygen atoms in total. The van der Waals surface area contributed by atoms with E-state index in [-0.39, 0.29) is 22.9 Å². The molecule has 0 spiro atoms. The molecule has 0 aliphatic carbocycles. The van der Waals surface area contributed by atoms with Crippen LogP contribution in [0.4, 0.5) is 25.1 Å². The summed E-state index contributed by atoms with van der Waals surface area (Å²) in [5, 5.41) is 5.18. The van der Waals surface area contributed by atoms with Gasteiger partial charge in [-0.1, -0.05) is 6.07 Å². The van der Waals surface area contributed by atoms with Crippen LogP contribution < -0.4 is 15.4 Å². The predicted octanol–water partition coefficient (Wildman–Crippen LogP) is 5.75. The lowest BCUT2D eigenvalue weighted by Gasteiger charge is -2.19. The summed E-state index contributed by atoms with van der Waals surface area (Å²) < 4.78 is 37.2. The summed E-state index contributed by atoms with van der Waals surface area (Å²) in [5.74, 6) is -1.73. The minimum absolute atomic E-state index is 0.153. The van der Waals surface area contributed by atoms with E-state index in [0.29, 0.717) is 11.8 Å². The van der Waals surface area contributed by atoms with Crippen LogP contribution in [-0.4, -0.2) is 22.6 Å². The van der Waals surface area contributed by atoms with Crippen LogP contribution in [0, 0.1) is 11.6 Å². The van der Waals surface area contributed by atoms with Crippen molar-refractivity contribution in [3.63, 3.8) is 0 Å². The SMILES string of the molecule is CC(C)(C)OC(=O)Nc1cccc(C(=O)Nc2ccc(Oc3ccc(F)cc3F)cn2)c1. The number of carbonyl (C=O) groups excluding carboxylic acids is 2. The second-order valence-corrected chi connectivity index (χ2v) is 7.72. The molecule has 3 aromatic rings. The van der Waals surface area contributed by atoms with Crippen LogP contribution in [0.25, 0.3) is 0 Å². The summed E-state index contributed by atoms with van der Waals surface area (Å²) in [4.78, 5) is 28.5. The Morgan fingerprint density at radius 1 is 0.969 bits per heavy atom. The maximum Gasteiger partial charge on any atom is 0.412 e. The largest absolute Gasteiger partial charge is 0.453 e. The van der Waals surface area contributed by atoms with Gasteiger partial charge in [0.2, 0.25) is 0 Å². The first-order valence-corrected chi connectivity index (χ1v) is 9.59. The van der Waals surface area contributed by atoms with Crippen molar-refractivity contribution in [1.29, 1.82) is 0 Å². The van der Waals surface area contributed by atoms with Crippen LogP contribution in [0.15, 0.2) is 60.8 Å². The molecule has 2 aromatic carbocycles. The van der Waals surface area contributed by atoms with Gasteiger partial charge >= 0.3 is 6.09 Å². The van der Waals surface area contributed by atoms with Gasteiger partial charge in [-0.05, 0) is 63.2 Å². The zero-order valence-electron chi connectivity index (χ0n) is 17.6. The Bertz CT molecular complexity index is 1130. The average Bonchev–Trinajstić information content (AvgIpc) is 2.70. The normalized spacial score (nSPS) is 10.9. The molecule has 32 heavy (non-hydrogen) atoms. The number of carbonyl (C=O) groups is 2. The average molecular weight is 441 g/mol. The molecule has 0 saturated heterocycles. The van der Waals surface area contributed by atoms with E-state index >= 15 is 0 Å². The van der Waals surface area contributed by atoms with Gasteiger partial charge in [-0.25, -0.2) is 18.6 Å². The van der Waals surface area contributed by atoms with Gasteiger partial charge in [0.15, 0.2) is 11.6 Å². The molecular weight excluding hydrogens is 420 g/mol. The van der Waals surface area contributed by atoms with Crippen molar-refractivity contribution in [1.82, 2.24) is 4.98 Å². The van der Waals surface area contributed by atoms with Crippen molar-refractivity contribution in [3.8, 4) is 11.5 Å². The fraction of sp³-hybridized carbons (Fsp3) is 0.174. The number of nitrogens with one attached hydrogen (secondary N) is 2. The summed E-state index contributed by atoms with van der Waals surface area (Å²) >= 11 is 0. The van der Waals surface area contributed by atoms with E-state index in [0.717, 1.165) is 6.07 Å². The van der Waals surface area contributed by atoms with E-state index < -0.39 is 29.2 Å². The van der Waals surface area contributed by atoms with Crippen molar-refractivity contribution in [2.75, 3.05) is 10.6 Å². The van der Waals surface area contributed by atoms with Crippen molar-refractivity contribution in [2.45, 2.75) is 26.4 Å². The molecule has 0 aliphatic heterocycles. The molecule has 0 aliphatic rings. The van der Waals surface area contributed by atoms with Gasteiger partial charge in [0.1, 0.15) is 23.0 Å². The topological polar surface area (TPSA) is 89.5 Å². The highest BCUT2D eigenvalue weighted by Crippen LogP contribution is 2.25. The quantitative estimate of drug-likeness (QED) is 0.526. The zero-order valence-corrected chi connectivity index (χ0v) is 17.6. The molecule has 0 bridgehead atoms. The van der Waals surface area contributed by atoms with Gasteiger partial charge in [-0.15, -0.1) is 0 Å². The van der Waals surface area contributed by atoms with Gasteiger partial charge in [-0.2, -0.15) is 0 Å². The van der Waals surface area contributed by atoms with E-state index in [4.69, 9.17) is 9.47 Å². The highest BCUT2D eigenvalue weighted by atomic mass is 19.1. The number of rotatable bonds is 5. The molecule has 166 valence electrons. The monoisotopic (exact) mass is 441 g/mol. The number of nitrogens with zero attached hydrogens (tertiary/aromatic N) is 1. The smallest absolute Gasteiger partial charge is 0.412 e. The molecule has 1 aromatic heterocycles. The first kappa shape index (κ1) is 22.7. The second kappa shape index (κ2) is 9.42. The molecule has 0 radical (unpaired) electrons. The van der Waals surface area contributed by atoms with E-state index in [1.807, 2.05) is 0 Å². The molecule has 9 heteroatoms. The third-order valence-electron chi connectivity index (χ3n) is 3.87. The Kier molecular flexibility index (Phi) is 6.67. The lowest BCUT2D eigenvalue weighted by atomic mass is 10.2. The summed E-state index contributed by atoms with van der Waals surface area (Å²) in [6, 6.07) is 12.2. The minimum atomic E-state index is -0.845. The number of aromatic nitrogens is 1. The van der Waals surface area contributed by atoms with Crippen molar-refractivity contribution in [3.05, 3.63) is 78.0 Å². The van der Waals surface area contributed by atoms with Gasteiger partial charge in [0.05, 0.1) is 6.20 Å². The van der Waals surface area contributed by atoms with Gasteiger partial charge in [0, 0.05) is 17.3 Å². The Morgan fingerprint density at radius 2 is 1.75 bits per heavy atom. The first-order chi connectivity index (χ1) is 15.1. The number of amides is 2. The first-order valence-electron chi connectivity index (χ1n) is 9.59. The Morgan fingerprint density at radius 3 is 2.41 bits per heavy atom. The molecule has 0 fully saturated rings. The highest BCUT2D eigenvalue weighted by molar-refractivity contribution is 6.04. The zero-order chi connectivity index (χ0) is 23.3. The number of anilines is 2. The van der Waals surface area contributed by atoms with Crippen LogP contribution >= 0.6 is 0 Å². The van der Waals surface area contributed by atoms with Crippen LogP contribution in [0.1, 0.15) is 31.1 Å². The third kappa shape index (κ3) is 6.49. The molecule has 2 N–H and O–H groups in total. The van der Waals surface area contributed by atoms with Crippen LogP contribution in [0.5, 0.6) is 11.5 Å². The highest BCUT2D eigenvalue weighted by Gasteiger charge is 2.17. The van der Waals surface area contributed by atoms with Crippen molar-refractivity contribution in [2.24, 2.45) is 0 Å². The summed E-state index contributed by atoms with van der Waals surface area (Å²) in [5.41, 5.74) is 0.0299. The van der Waals surface area contributed by atoms with Crippen LogP contribution in [0.3, 0.4) is 0 Å². The molecule has 0 saturated carbocycles. The molecule has 0 atom stereocenters. The standard InChI is InChI=1S/C23H21F2N3O4/c1-23(2,3)32-22(30)27-16-6-4-5-14(11-16)21(29)28-20-10-8-17(13-26-20)31-19-9-7-15(24)12-18(19)25/h4-13H,1-3H3,(H,27,30)(H,26,28,29). The molecule has 2 amide bonds. The maximum absolute atomic E-state index is 13.7. The Hall–Kier alpha value is -4.01. The number of pyridine rings is 1. The summed E-state index contributed by atoms with van der Waals surface area (Å²) in [6.45, 7) is 5.24. The second-order valence-electron chi connectivity index (χ2n) is 7.72. The molecule has 1 heterocycles. The Labute approximate surface area is 183 Å². The molecular formula is C23H21F2N3O4. The number of hydrogen-bond donors (Lipinski definition) is 2. The summed E-state index contributed by atoms with van der Waals surface area (Å²) in [6.07, 6.45) is 0.656. The Balaban J connectivity index is 1.62. The summed E-state index contributed by atoms with van der Waals surface area (Å²) in [7, 11) is 0. The third-order valence-corrected chi connectivity index (χ3v) is 3.87. The lowest BCUT2D eigenvalue weighted by molar-refractivity contribution is 0.0635. The fourth-order valence-corrected chi connectivity index (χ4v) is 2.55. The number of halogens is 2.